The Hall–Kier alpha value is -2.63. The lowest BCUT2D eigenvalue weighted by molar-refractivity contribution is -0.133. The Kier molecular flexibility index (Phi) is 5.93. The van der Waals surface area contributed by atoms with E-state index in [0.717, 1.165) is 56.1 Å². The summed E-state index contributed by atoms with van der Waals surface area (Å²) in [5.74, 6) is -0.838. The average molecular weight is 410 g/mol. The smallest absolute Gasteiger partial charge is 0.295 e. The van der Waals surface area contributed by atoms with Crippen LogP contribution in [0.2, 0.25) is 0 Å². The van der Waals surface area contributed by atoms with E-state index in [0.29, 0.717) is 5.56 Å². The van der Waals surface area contributed by atoms with Crippen LogP contribution in [0.5, 0.6) is 0 Å². The number of ketones is 1. The molecule has 2 fully saturated rings. The van der Waals surface area contributed by atoms with Gasteiger partial charge in [0.25, 0.3) is 11.7 Å². The minimum Gasteiger partial charge on any atom is -0.341 e. The second-order valence-electron chi connectivity index (χ2n) is 8.80. The van der Waals surface area contributed by atoms with E-state index in [1.165, 1.54) is 6.42 Å². The molecule has 3 heterocycles. The molecule has 2 atom stereocenters. The molecule has 0 aliphatic carbocycles. The highest BCUT2D eigenvalue weighted by atomic mass is 16.2. The molecule has 2 aromatic rings. The maximum Gasteiger partial charge on any atom is 0.295 e. The Bertz CT molecular complexity index is 948. The largest absolute Gasteiger partial charge is 0.341 e. The number of carbonyl (C=O) groups is 3. The van der Waals surface area contributed by atoms with Crippen molar-refractivity contribution in [2.45, 2.75) is 71.0 Å². The number of benzene rings is 1. The van der Waals surface area contributed by atoms with Crippen LogP contribution in [0.1, 0.15) is 62.7 Å². The van der Waals surface area contributed by atoms with E-state index in [4.69, 9.17) is 0 Å². The van der Waals surface area contributed by atoms with Gasteiger partial charge in [0.15, 0.2) is 0 Å². The molecule has 6 nitrogen and oxygen atoms in total. The first-order valence-corrected chi connectivity index (χ1v) is 11.2. The van der Waals surface area contributed by atoms with Gasteiger partial charge in [-0.15, -0.1) is 0 Å². The number of para-hydroxylation sites is 1. The normalized spacial score (nSPS) is 22.3. The van der Waals surface area contributed by atoms with E-state index >= 15 is 0 Å². The first kappa shape index (κ1) is 20.6. The number of rotatable bonds is 4. The topological polar surface area (TPSA) is 62.6 Å². The zero-order valence-corrected chi connectivity index (χ0v) is 18.0. The molecule has 1 aromatic heterocycles. The molecule has 30 heavy (non-hydrogen) atoms. The molecule has 2 aliphatic rings. The van der Waals surface area contributed by atoms with Crippen molar-refractivity contribution in [3.63, 3.8) is 0 Å². The monoisotopic (exact) mass is 409 g/mol. The maximum absolute atomic E-state index is 13.2. The number of piperidine rings is 2. The number of carbonyl (C=O) groups excluding carboxylic acids is 3. The van der Waals surface area contributed by atoms with E-state index < -0.39 is 11.7 Å². The SMILES string of the molecule is CC1CCCC(C)N1C(=O)C(=O)c1cn(CC(=O)N2CCCCC2)c2ccccc12. The van der Waals surface area contributed by atoms with Crippen molar-refractivity contribution < 1.29 is 14.4 Å². The van der Waals surface area contributed by atoms with Crippen LogP contribution >= 0.6 is 0 Å². The van der Waals surface area contributed by atoms with Crippen LogP contribution in [0.25, 0.3) is 10.9 Å². The predicted molar refractivity (Wildman–Crippen MR) is 116 cm³/mol. The molecular formula is C24H31N3O3. The second-order valence-corrected chi connectivity index (χ2v) is 8.80. The third kappa shape index (κ3) is 3.87. The van der Waals surface area contributed by atoms with Crippen LogP contribution in [-0.4, -0.2) is 57.1 Å². The summed E-state index contributed by atoms with van der Waals surface area (Å²) in [5, 5.41) is 0.736. The summed E-state index contributed by atoms with van der Waals surface area (Å²) in [7, 11) is 0. The van der Waals surface area contributed by atoms with Crippen LogP contribution < -0.4 is 0 Å². The van der Waals surface area contributed by atoms with E-state index in [9.17, 15) is 14.4 Å². The highest BCUT2D eigenvalue weighted by Crippen LogP contribution is 2.27. The number of likely N-dealkylation sites (tertiary alicyclic amines) is 2. The minimum absolute atomic E-state index is 0.0686. The van der Waals surface area contributed by atoms with Crippen LogP contribution in [0.15, 0.2) is 30.5 Å². The van der Waals surface area contributed by atoms with Gasteiger partial charge in [-0.3, -0.25) is 14.4 Å². The second kappa shape index (κ2) is 8.62. The summed E-state index contributed by atoms with van der Waals surface area (Å²) in [6.07, 6.45) is 7.89. The van der Waals surface area contributed by atoms with Crippen LogP contribution in [0, 0.1) is 0 Å². The van der Waals surface area contributed by atoms with Crippen molar-refractivity contribution in [2.75, 3.05) is 13.1 Å². The fourth-order valence-corrected chi connectivity index (χ4v) is 5.00. The molecule has 4 rings (SSSR count). The van der Waals surface area contributed by atoms with Gasteiger partial charge in [0.1, 0.15) is 6.54 Å². The van der Waals surface area contributed by atoms with Crippen LogP contribution in [0.4, 0.5) is 0 Å². The third-order valence-electron chi connectivity index (χ3n) is 6.67. The lowest BCUT2D eigenvalue weighted by Crippen LogP contribution is -2.50. The van der Waals surface area contributed by atoms with Crippen molar-refractivity contribution in [3.8, 4) is 0 Å². The van der Waals surface area contributed by atoms with E-state index in [1.807, 2.05) is 47.6 Å². The van der Waals surface area contributed by atoms with E-state index in [2.05, 4.69) is 0 Å². The molecule has 2 amide bonds. The Morgan fingerprint density at radius 3 is 2.30 bits per heavy atom. The molecule has 0 spiro atoms. The van der Waals surface area contributed by atoms with Gasteiger partial charge >= 0.3 is 0 Å². The van der Waals surface area contributed by atoms with Crippen LogP contribution in [-0.2, 0) is 16.1 Å². The Labute approximate surface area is 177 Å². The van der Waals surface area contributed by atoms with Crippen molar-refractivity contribution in [2.24, 2.45) is 0 Å². The summed E-state index contributed by atoms with van der Waals surface area (Å²) in [6.45, 7) is 5.82. The highest BCUT2D eigenvalue weighted by Gasteiger charge is 2.34. The molecule has 6 heteroatoms. The fourth-order valence-electron chi connectivity index (χ4n) is 5.00. The fraction of sp³-hybridized carbons (Fsp3) is 0.542. The number of hydrogen-bond acceptors (Lipinski definition) is 3. The number of fused-ring (bicyclic) bond motifs is 1. The molecule has 160 valence electrons. The van der Waals surface area contributed by atoms with Gasteiger partial charge in [-0.25, -0.2) is 0 Å². The number of nitrogens with zero attached hydrogens (tertiary/aromatic N) is 3. The van der Waals surface area contributed by atoms with Crippen molar-refractivity contribution in [3.05, 3.63) is 36.0 Å². The van der Waals surface area contributed by atoms with Gasteiger partial charge in [0.05, 0.1) is 5.56 Å². The molecule has 0 bridgehead atoms. The van der Waals surface area contributed by atoms with Gasteiger partial charge in [0.2, 0.25) is 5.91 Å². The molecule has 0 radical (unpaired) electrons. The Morgan fingerprint density at radius 2 is 1.60 bits per heavy atom. The Morgan fingerprint density at radius 1 is 0.933 bits per heavy atom. The highest BCUT2D eigenvalue weighted by molar-refractivity contribution is 6.45. The number of Topliss-reactive ketones (excluding diaryl/α,β-unsaturated/α-hetero) is 1. The summed E-state index contributed by atoms with van der Waals surface area (Å²) < 4.78 is 1.83. The molecule has 0 saturated carbocycles. The first-order valence-electron chi connectivity index (χ1n) is 11.2. The average Bonchev–Trinajstić information content (AvgIpc) is 3.12. The maximum atomic E-state index is 13.2. The molecule has 1 aromatic carbocycles. The summed E-state index contributed by atoms with van der Waals surface area (Å²) in [4.78, 5) is 42.8. The van der Waals surface area contributed by atoms with Gasteiger partial charge in [0, 0.05) is 42.3 Å². The predicted octanol–water partition coefficient (Wildman–Crippen LogP) is 3.63. The number of aromatic nitrogens is 1. The zero-order valence-electron chi connectivity index (χ0n) is 18.0. The lowest BCUT2D eigenvalue weighted by Gasteiger charge is -2.38. The lowest BCUT2D eigenvalue weighted by atomic mass is 9.96. The zero-order chi connectivity index (χ0) is 21.3. The standard InChI is InChI=1S/C24H31N3O3/c1-17-9-8-10-18(2)27(17)24(30)23(29)20-15-26(21-12-5-4-11-19(20)21)16-22(28)25-13-6-3-7-14-25/h4-5,11-12,15,17-18H,3,6-10,13-14,16H2,1-2H3. The van der Waals surface area contributed by atoms with E-state index in [1.54, 1.807) is 11.1 Å². The summed E-state index contributed by atoms with van der Waals surface area (Å²) >= 11 is 0. The van der Waals surface area contributed by atoms with Gasteiger partial charge in [-0.1, -0.05) is 18.2 Å². The summed E-state index contributed by atoms with van der Waals surface area (Å²) in [5.41, 5.74) is 1.21. The van der Waals surface area contributed by atoms with Crippen LogP contribution in [0.3, 0.4) is 0 Å². The molecule has 2 saturated heterocycles. The summed E-state index contributed by atoms with van der Waals surface area (Å²) in [6, 6.07) is 7.67. The molecule has 2 unspecified atom stereocenters. The van der Waals surface area contributed by atoms with Gasteiger partial charge in [-0.2, -0.15) is 0 Å². The number of amides is 2. The van der Waals surface area contributed by atoms with Crippen molar-refractivity contribution in [1.82, 2.24) is 14.4 Å². The van der Waals surface area contributed by atoms with Gasteiger partial charge < -0.3 is 14.4 Å². The third-order valence-corrected chi connectivity index (χ3v) is 6.67. The van der Waals surface area contributed by atoms with Crippen molar-refractivity contribution in [1.29, 1.82) is 0 Å². The molecule has 0 N–H and O–H groups in total. The minimum atomic E-state index is -0.476. The number of hydrogen-bond donors (Lipinski definition) is 0. The Balaban J connectivity index is 1.62. The molecular weight excluding hydrogens is 378 g/mol. The molecule has 2 aliphatic heterocycles. The van der Waals surface area contributed by atoms with Crippen molar-refractivity contribution >= 4 is 28.5 Å². The quantitative estimate of drug-likeness (QED) is 0.572. The van der Waals surface area contributed by atoms with Gasteiger partial charge in [-0.05, 0) is 58.4 Å². The van der Waals surface area contributed by atoms with E-state index in [-0.39, 0.29) is 24.5 Å². The first-order chi connectivity index (χ1) is 14.5.